The lowest BCUT2D eigenvalue weighted by Gasteiger charge is -2.10. The van der Waals surface area contributed by atoms with Crippen molar-refractivity contribution in [2.45, 2.75) is 0 Å². The summed E-state index contributed by atoms with van der Waals surface area (Å²) in [5.41, 5.74) is -0.599. The summed E-state index contributed by atoms with van der Waals surface area (Å²) in [5.74, 6) is -2.52. The van der Waals surface area contributed by atoms with Crippen LogP contribution in [0.3, 0.4) is 0 Å². The van der Waals surface area contributed by atoms with E-state index < -0.39 is 29.2 Å². The largest absolute Gasteiger partial charge is 0.507 e. The van der Waals surface area contributed by atoms with Gasteiger partial charge in [0.1, 0.15) is 22.9 Å². The number of carboxylic acids is 1. The van der Waals surface area contributed by atoms with Crippen molar-refractivity contribution in [3.05, 3.63) is 53.8 Å². The molecule has 0 aliphatic carbocycles. The number of hydrogen-bond donors (Lipinski definition) is 3. The van der Waals surface area contributed by atoms with Crippen LogP contribution in [0.1, 0.15) is 10.4 Å². The number of amides is 1. The van der Waals surface area contributed by atoms with Gasteiger partial charge in [-0.1, -0.05) is 12.1 Å². The molecule has 0 aromatic heterocycles. The summed E-state index contributed by atoms with van der Waals surface area (Å²) in [5, 5.41) is 20.6. The first kappa shape index (κ1) is 14.3. The molecule has 0 saturated carbocycles. The maximum Gasteiger partial charge on any atom is 0.417 e. The van der Waals surface area contributed by atoms with Gasteiger partial charge in [0.25, 0.3) is 0 Å². The molecule has 0 atom stereocenters. The van der Waals surface area contributed by atoms with Crippen LogP contribution in [0.15, 0.2) is 42.5 Å². The Balaban J connectivity index is 2.17. The zero-order chi connectivity index (χ0) is 15.4. The molecule has 3 N–H and O–H groups in total. The van der Waals surface area contributed by atoms with E-state index in [9.17, 15) is 19.1 Å². The van der Waals surface area contributed by atoms with Crippen molar-refractivity contribution in [2.24, 2.45) is 0 Å². The molecule has 0 radical (unpaired) electrons. The molecular weight excluding hydrogens is 281 g/mol. The Hall–Kier alpha value is -3.09. The van der Waals surface area contributed by atoms with E-state index in [1.54, 1.807) is 0 Å². The van der Waals surface area contributed by atoms with Crippen LogP contribution in [0.4, 0.5) is 14.9 Å². The van der Waals surface area contributed by atoms with Crippen LogP contribution in [-0.2, 0) is 0 Å². The van der Waals surface area contributed by atoms with Gasteiger partial charge in [0.15, 0.2) is 0 Å². The molecule has 21 heavy (non-hydrogen) atoms. The van der Waals surface area contributed by atoms with E-state index in [1.807, 2.05) is 0 Å². The second-order valence-electron chi connectivity index (χ2n) is 3.98. The van der Waals surface area contributed by atoms with Crippen molar-refractivity contribution in [1.82, 2.24) is 0 Å². The van der Waals surface area contributed by atoms with Gasteiger partial charge in [0.2, 0.25) is 0 Å². The standard InChI is InChI=1S/C14H10FNO5/c15-8-3-1-4-9(7-8)21-14(20)16-10-5-2-6-11(17)12(10)13(18)19/h1-7,17H,(H,16,20)(H,18,19). The highest BCUT2D eigenvalue weighted by Crippen LogP contribution is 2.25. The zero-order valence-electron chi connectivity index (χ0n) is 10.5. The van der Waals surface area contributed by atoms with E-state index in [0.717, 1.165) is 6.07 Å². The average molecular weight is 291 g/mol. The second kappa shape index (κ2) is 5.91. The molecule has 1 amide bonds. The smallest absolute Gasteiger partial charge is 0.417 e. The van der Waals surface area contributed by atoms with Crippen molar-refractivity contribution >= 4 is 17.7 Å². The molecule has 0 bridgehead atoms. The number of benzene rings is 2. The molecule has 2 rings (SSSR count). The van der Waals surface area contributed by atoms with Gasteiger partial charge in [0.05, 0.1) is 5.69 Å². The van der Waals surface area contributed by atoms with Crippen molar-refractivity contribution in [3.63, 3.8) is 0 Å². The first-order valence-electron chi connectivity index (χ1n) is 5.77. The number of anilines is 1. The molecule has 0 heterocycles. The second-order valence-corrected chi connectivity index (χ2v) is 3.98. The summed E-state index contributed by atoms with van der Waals surface area (Å²) in [6.45, 7) is 0. The molecular formula is C14H10FNO5. The van der Waals surface area contributed by atoms with E-state index >= 15 is 0 Å². The fraction of sp³-hybridized carbons (Fsp3) is 0. The molecule has 108 valence electrons. The van der Waals surface area contributed by atoms with Gasteiger partial charge in [-0.3, -0.25) is 5.32 Å². The molecule has 2 aromatic rings. The minimum atomic E-state index is -1.41. The molecule has 0 saturated heterocycles. The number of carbonyl (C=O) groups is 2. The van der Waals surface area contributed by atoms with E-state index in [1.165, 1.54) is 36.4 Å². The van der Waals surface area contributed by atoms with E-state index in [2.05, 4.69) is 5.32 Å². The number of ether oxygens (including phenoxy) is 1. The molecule has 7 heteroatoms. The third-order valence-corrected chi connectivity index (χ3v) is 2.50. The van der Waals surface area contributed by atoms with Crippen molar-refractivity contribution in [3.8, 4) is 11.5 Å². The maximum atomic E-state index is 12.9. The molecule has 0 aliphatic heterocycles. The van der Waals surface area contributed by atoms with Crippen LogP contribution in [0.25, 0.3) is 0 Å². The van der Waals surface area contributed by atoms with Gasteiger partial charge in [-0.25, -0.2) is 14.0 Å². The topological polar surface area (TPSA) is 95.9 Å². The summed E-state index contributed by atoms with van der Waals surface area (Å²) in [4.78, 5) is 22.7. The predicted molar refractivity (Wildman–Crippen MR) is 71.1 cm³/mol. The Morgan fingerprint density at radius 1 is 1.14 bits per heavy atom. The number of aromatic hydroxyl groups is 1. The van der Waals surface area contributed by atoms with Crippen LogP contribution in [0, 0.1) is 5.82 Å². The summed E-state index contributed by atoms with van der Waals surface area (Å²) in [6, 6.07) is 8.73. The Morgan fingerprint density at radius 2 is 1.86 bits per heavy atom. The van der Waals surface area contributed by atoms with Gasteiger partial charge < -0.3 is 14.9 Å². The third kappa shape index (κ3) is 3.47. The van der Waals surface area contributed by atoms with E-state index in [4.69, 9.17) is 9.84 Å². The average Bonchev–Trinajstić information content (AvgIpc) is 2.37. The Morgan fingerprint density at radius 3 is 2.52 bits per heavy atom. The van der Waals surface area contributed by atoms with Crippen LogP contribution in [0.5, 0.6) is 11.5 Å². The lowest BCUT2D eigenvalue weighted by Crippen LogP contribution is -2.18. The SMILES string of the molecule is O=C(Nc1cccc(O)c1C(=O)O)Oc1cccc(F)c1. The van der Waals surface area contributed by atoms with Crippen molar-refractivity contribution in [2.75, 3.05) is 5.32 Å². The number of nitrogens with one attached hydrogen (secondary N) is 1. The van der Waals surface area contributed by atoms with Gasteiger partial charge >= 0.3 is 12.1 Å². The van der Waals surface area contributed by atoms with Crippen LogP contribution >= 0.6 is 0 Å². The lowest BCUT2D eigenvalue weighted by molar-refractivity contribution is 0.0695. The first-order chi connectivity index (χ1) is 9.97. The van der Waals surface area contributed by atoms with Gasteiger partial charge in [-0.15, -0.1) is 0 Å². The number of phenols is 1. The van der Waals surface area contributed by atoms with Crippen LogP contribution < -0.4 is 10.1 Å². The molecule has 2 aromatic carbocycles. The molecule has 0 aliphatic rings. The first-order valence-corrected chi connectivity index (χ1v) is 5.77. The fourth-order valence-corrected chi connectivity index (χ4v) is 1.64. The number of carboxylic acid groups (broad SMARTS) is 1. The lowest BCUT2D eigenvalue weighted by atomic mass is 10.1. The number of aromatic carboxylic acids is 1. The zero-order valence-corrected chi connectivity index (χ0v) is 10.5. The Kier molecular flexibility index (Phi) is 4.03. The number of halogens is 1. The fourth-order valence-electron chi connectivity index (χ4n) is 1.64. The molecule has 6 nitrogen and oxygen atoms in total. The molecule has 0 spiro atoms. The monoisotopic (exact) mass is 291 g/mol. The van der Waals surface area contributed by atoms with E-state index in [-0.39, 0.29) is 11.4 Å². The summed E-state index contributed by atoms with van der Waals surface area (Å²) < 4.78 is 17.8. The Labute approximate surface area is 118 Å². The van der Waals surface area contributed by atoms with Gasteiger partial charge in [-0.05, 0) is 24.3 Å². The third-order valence-electron chi connectivity index (χ3n) is 2.50. The van der Waals surface area contributed by atoms with E-state index in [0.29, 0.717) is 0 Å². The summed E-state index contributed by atoms with van der Waals surface area (Å²) >= 11 is 0. The van der Waals surface area contributed by atoms with Crippen molar-refractivity contribution in [1.29, 1.82) is 0 Å². The normalized spacial score (nSPS) is 9.95. The predicted octanol–water partition coefficient (Wildman–Crippen LogP) is 2.84. The van der Waals surface area contributed by atoms with Gasteiger partial charge in [0, 0.05) is 6.07 Å². The molecule has 0 unspecified atom stereocenters. The number of carbonyl (C=O) groups excluding carboxylic acids is 1. The summed E-state index contributed by atoms with van der Waals surface area (Å²) in [7, 11) is 0. The highest BCUT2D eigenvalue weighted by atomic mass is 19.1. The number of rotatable bonds is 3. The quantitative estimate of drug-likeness (QED) is 0.808. The number of hydrogen-bond acceptors (Lipinski definition) is 4. The highest BCUT2D eigenvalue weighted by molar-refractivity contribution is 6.01. The van der Waals surface area contributed by atoms with Crippen LogP contribution in [-0.4, -0.2) is 22.3 Å². The minimum absolute atomic E-state index is 0.0375. The minimum Gasteiger partial charge on any atom is -0.507 e. The van der Waals surface area contributed by atoms with Gasteiger partial charge in [-0.2, -0.15) is 0 Å². The molecule has 0 fully saturated rings. The Bertz CT molecular complexity index is 702. The van der Waals surface area contributed by atoms with Crippen molar-refractivity contribution < 1.29 is 28.9 Å². The summed E-state index contributed by atoms with van der Waals surface area (Å²) in [6.07, 6.45) is -1.01. The van der Waals surface area contributed by atoms with Crippen LogP contribution in [0.2, 0.25) is 0 Å². The highest BCUT2D eigenvalue weighted by Gasteiger charge is 2.17. The maximum absolute atomic E-state index is 12.9.